The zero-order chi connectivity index (χ0) is 20.9. The second-order valence-corrected chi connectivity index (χ2v) is 7.73. The van der Waals surface area contributed by atoms with E-state index in [1.165, 1.54) is 17.0 Å². The van der Waals surface area contributed by atoms with Gasteiger partial charge in [-0.15, -0.1) is 0 Å². The van der Waals surface area contributed by atoms with Crippen LogP contribution in [0.1, 0.15) is 16.7 Å². The summed E-state index contributed by atoms with van der Waals surface area (Å²) in [5.74, 6) is -0.0368. The first-order chi connectivity index (χ1) is 14.6. The van der Waals surface area contributed by atoms with E-state index < -0.39 is 0 Å². The van der Waals surface area contributed by atoms with Gasteiger partial charge >= 0.3 is 0 Å². The maximum absolute atomic E-state index is 13.1. The lowest BCUT2D eigenvalue weighted by Gasteiger charge is -2.12. The molecule has 1 aliphatic rings. The van der Waals surface area contributed by atoms with Gasteiger partial charge in [0.15, 0.2) is 0 Å². The molecule has 0 bridgehead atoms. The molecular formula is C24H18FNO3S. The normalized spacial score (nSPS) is 15.1. The highest BCUT2D eigenvalue weighted by Crippen LogP contribution is 2.33. The summed E-state index contributed by atoms with van der Waals surface area (Å²) in [6.45, 7) is 0.557. The first kappa shape index (κ1) is 19.9. The molecule has 4 rings (SSSR count). The summed E-state index contributed by atoms with van der Waals surface area (Å²) in [7, 11) is 0. The van der Waals surface area contributed by atoms with Gasteiger partial charge in [-0.25, -0.2) is 4.39 Å². The standard InChI is InChI=1S/C24H18FNO3S/c25-20-11-9-17(10-12-20)15-26-23(27)22(30-24(26)28)14-19-7-4-8-21(13-19)29-16-18-5-2-1-3-6-18/h1-14H,15-16H2/b22-14-. The molecule has 1 fully saturated rings. The van der Waals surface area contributed by atoms with Crippen molar-refractivity contribution in [2.45, 2.75) is 13.2 Å². The van der Waals surface area contributed by atoms with Crippen LogP contribution in [0.25, 0.3) is 6.08 Å². The molecule has 1 aliphatic heterocycles. The lowest BCUT2D eigenvalue weighted by Crippen LogP contribution is -2.27. The number of halogens is 1. The SMILES string of the molecule is O=C1S/C(=C\c2cccc(OCc3ccccc3)c2)C(=O)N1Cc1ccc(F)cc1. The van der Waals surface area contributed by atoms with E-state index in [1.54, 1.807) is 18.2 Å². The number of rotatable bonds is 6. The van der Waals surface area contributed by atoms with E-state index >= 15 is 0 Å². The van der Waals surface area contributed by atoms with Crippen LogP contribution in [0.3, 0.4) is 0 Å². The number of imide groups is 1. The Kier molecular flexibility index (Phi) is 5.95. The number of hydrogen-bond donors (Lipinski definition) is 0. The van der Waals surface area contributed by atoms with Crippen LogP contribution >= 0.6 is 11.8 Å². The molecule has 0 unspecified atom stereocenters. The Morgan fingerprint density at radius 1 is 0.900 bits per heavy atom. The van der Waals surface area contributed by atoms with E-state index in [0.717, 1.165) is 22.9 Å². The van der Waals surface area contributed by atoms with E-state index in [0.29, 0.717) is 22.8 Å². The minimum absolute atomic E-state index is 0.114. The molecule has 2 amide bonds. The van der Waals surface area contributed by atoms with Crippen LogP contribution < -0.4 is 4.74 Å². The zero-order valence-electron chi connectivity index (χ0n) is 16.0. The van der Waals surface area contributed by atoms with Crippen LogP contribution in [-0.4, -0.2) is 16.0 Å². The molecule has 1 heterocycles. The van der Waals surface area contributed by atoms with Crippen molar-refractivity contribution < 1.29 is 18.7 Å². The Hall–Kier alpha value is -3.38. The predicted octanol–water partition coefficient (Wildman–Crippen LogP) is 5.64. The smallest absolute Gasteiger partial charge is 0.293 e. The van der Waals surface area contributed by atoms with Gasteiger partial charge < -0.3 is 4.74 Å². The van der Waals surface area contributed by atoms with Crippen LogP contribution in [0.2, 0.25) is 0 Å². The van der Waals surface area contributed by atoms with Gasteiger partial charge in [0.1, 0.15) is 18.2 Å². The zero-order valence-corrected chi connectivity index (χ0v) is 16.8. The third-order valence-corrected chi connectivity index (χ3v) is 5.44. The lowest BCUT2D eigenvalue weighted by molar-refractivity contribution is -0.123. The molecule has 0 spiro atoms. The maximum atomic E-state index is 13.1. The summed E-state index contributed by atoms with van der Waals surface area (Å²) >= 11 is 0.899. The van der Waals surface area contributed by atoms with Crippen LogP contribution in [0, 0.1) is 5.82 Å². The average Bonchev–Trinajstić information content (AvgIpc) is 3.02. The van der Waals surface area contributed by atoms with Gasteiger partial charge in [0.05, 0.1) is 11.4 Å². The highest BCUT2D eigenvalue weighted by Gasteiger charge is 2.34. The Bertz CT molecular complexity index is 1100. The highest BCUT2D eigenvalue weighted by atomic mass is 32.2. The minimum atomic E-state index is -0.359. The minimum Gasteiger partial charge on any atom is -0.489 e. The summed E-state index contributed by atoms with van der Waals surface area (Å²) < 4.78 is 18.9. The number of benzene rings is 3. The van der Waals surface area contributed by atoms with Crippen LogP contribution in [0.15, 0.2) is 83.8 Å². The van der Waals surface area contributed by atoms with Gasteiger partial charge in [0.25, 0.3) is 11.1 Å². The van der Waals surface area contributed by atoms with Crippen molar-refractivity contribution >= 4 is 29.0 Å². The molecule has 1 saturated heterocycles. The molecule has 30 heavy (non-hydrogen) atoms. The molecule has 0 aromatic heterocycles. The molecule has 4 nitrogen and oxygen atoms in total. The Labute approximate surface area is 178 Å². The summed E-state index contributed by atoms with van der Waals surface area (Å²) in [5.41, 5.74) is 2.52. The van der Waals surface area contributed by atoms with Gasteiger partial charge in [-0.05, 0) is 58.8 Å². The molecule has 0 aliphatic carbocycles. The average molecular weight is 419 g/mol. The number of carbonyl (C=O) groups excluding carboxylic acids is 2. The van der Waals surface area contributed by atoms with Crippen molar-refractivity contribution in [2.24, 2.45) is 0 Å². The number of carbonyl (C=O) groups is 2. The van der Waals surface area contributed by atoms with Crippen molar-refractivity contribution in [3.8, 4) is 5.75 Å². The van der Waals surface area contributed by atoms with Crippen LogP contribution in [0.5, 0.6) is 5.75 Å². The summed E-state index contributed by atoms with van der Waals surface area (Å²) in [6, 6.07) is 23.0. The summed E-state index contributed by atoms with van der Waals surface area (Å²) in [6.07, 6.45) is 1.69. The number of hydrogen-bond acceptors (Lipinski definition) is 4. The van der Waals surface area contributed by atoms with Crippen molar-refractivity contribution in [3.63, 3.8) is 0 Å². The Morgan fingerprint density at radius 3 is 2.43 bits per heavy atom. The van der Waals surface area contributed by atoms with E-state index in [4.69, 9.17) is 4.74 Å². The predicted molar refractivity (Wildman–Crippen MR) is 115 cm³/mol. The number of amides is 2. The number of nitrogens with zero attached hydrogens (tertiary/aromatic N) is 1. The molecule has 0 saturated carbocycles. The molecule has 150 valence electrons. The molecule has 6 heteroatoms. The fourth-order valence-electron chi connectivity index (χ4n) is 3.00. The first-order valence-corrected chi connectivity index (χ1v) is 10.2. The Morgan fingerprint density at radius 2 is 1.67 bits per heavy atom. The molecular weight excluding hydrogens is 401 g/mol. The largest absolute Gasteiger partial charge is 0.489 e. The number of ether oxygens (including phenoxy) is 1. The van der Waals surface area contributed by atoms with Crippen molar-refractivity contribution in [2.75, 3.05) is 0 Å². The summed E-state index contributed by atoms with van der Waals surface area (Å²) in [4.78, 5) is 26.5. The van der Waals surface area contributed by atoms with Gasteiger partial charge in [0, 0.05) is 0 Å². The molecule has 0 radical (unpaired) electrons. The van der Waals surface area contributed by atoms with E-state index in [-0.39, 0.29) is 23.5 Å². The first-order valence-electron chi connectivity index (χ1n) is 9.35. The van der Waals surface area contributed by atoms with Gasteiger partial charge in [-0.1, -0.05) is 54.6 Å². The van der Waals surface area contributed by atoms with E-state index in [9.17, 15) is 14.0 Å². The molecule has 3 aromatic rings. The van der Waals surface area contributed by atoms with Gasteiger partial charge in [0.2, 0.25) is 0 Å². The van der Waals surface area contributed by atoms with Crippen molar-refractivity contribution in [1.29, 1.82) is 0 Å². The monoisotopic (exact) mass is 419 g/mol. The lowest BCUT2D eigenvalue weighted by atomic mass is 10.2. The van der Waals surface area contributed by atoms with Crippen molar-refractivity contribution in [3.05, 3.63) is 106 Å². The quantitative estimate of drug-likeness (QED) is 0.485. The maximum Gasteiger partial charge on any atom is 0.293 e. The molecule has 0 atom stereocenters. The van der Waals surface area contributed by atoms with Gasteiger partial charge in [-0.2, -0.15) is 0 Å². The van der Waals surface area contributed by atoms with Crippen molar-refractivity contribution in [1.82, 2.24) is 4.90 Å². The second-order valence-electron chi connectivity index (χ2n) is 6.74. The molecule has 3 aromatic carbocycles. The molecule has 0 N–H and O–H groups in total. The highest BCUT2D eigenvalue weighted by molar-refractivity contribution is 8.18. The second kappa shape index (κ2) is 8.97. The fourth-order valence-corrected chi connectivity index (χ4v) is 3.83. The van der Waals surface area contributed by atoms with Crippen LogP contribution in [0.4, 0.5) is 9.18 Å². The van der Waals surface area contributed by atoms with Gasteiger partial charge in [-0.3, -0.25) is 14.5 Å². The van der Waals surface area contributed by atoms with Crippen LogP contribution in [-0.2, 0) is 17.9 Å². The Balaban J connectivity index is 1.46. The topological polar surface area (TPSA) is 46.6 Å². The van der Waals surface area contributed by atoms with E-state index in [1.807, 2.05) is 54.6 Å². The van der Waals surface area contributed by atoms with E-state index in [2.05, 4.69) is 0 Å². The number of thioether (sulfide) groups is 1. The fraction of sp³-hybridized carbons (Fsp3) is 0.0833. The third-order valence-electron chi connectivity index (χ3n) is 4.53. The third kappa shape index (κ3) is 4.78. The summed E-state index contributed by atoms with van der Waals surface area (Å²) in [5, 5.41) is -0.341.